The van der Waals surface area contributed by atoms with Crippen LogP contribution in [0.4, 0.5) is 4.79 Å². The molecule has 3 aliphatic rings. The molecule has 3 aliphatic heterocycles. The Kier molecular flexibility index (Phi) is 3.83. The van der Waals surface area contributed by atoms with E-state index >= 15 is 0 Å². The van der Waals surface area contributed by atoms with Gasteiger partial charge in [0.15, 0.2) is 0 Å². The molecule has 2 unspecified atom stereocenters. The molecule has 3 saturated heterocycles. The maximum Gasteiger partial charge on any atom is 0.317 e. The van der Waals surface area contributed by atoms with Gasteiger partial charge in [0.05, 0.1) is 6.04 Å². The summed E-state index contributed by atoms with van der Waals surface area (Å²) in [5, 5.41) is 6.23. The normalized spacial score (nSPS) is 31.1. The molecule has 2 atom stereocenters. The van der Waals surface area contributed by atoms with Gasteiger partial charge in [-0.15, -0.1) is 0 Å². The quantitative estimate of drug-likeness (QED) is 0.705. The number of carbonyl (C=O) groups is 2. The molecule has 0 aromatic heterocycles. The van der Waals surface area contributed by atoms with Gasteiger partial charge < -0.3 is 20.4 Å². The van der Waals surface area contributed by atoms with Crippen molar-refractivity contribution in [2.75, 3.05) is 44.2 Å². The second-order valence-electron chi connectivity index (χ2n) is 5.30. The fourth-order valence-electron chi connectivity index (χ4n) is 2.92. The Bertz CT molecular complexity index is 373. The number of nitrogens with one attached hydrogen (secondary N) is 2. The molecule has 0 aromatic rings. The van der Waals surface area contributed by atoms with Gasteiger partial charge in [0.25, 0.3) is 0 Å². The first-order valence-corrected chi connectivity index (χ1v) is 8.03. The van der Waals surface area contributed by atoms with Gasteiger partial charge in [0.2, 0.25) is 5.91 Å². The fourth-order valence-corrected chi connectivity index (χ4v) is 3.87. The molecule has 3 amide bonds. The van der Waals surface area contributed by atoms with Crippen molar-refractivity contribution >= 4 is 23.7 Å². The third-order valence-electron chi connectivity index (χ3n) is 4.00. The molecule has 0 aromatic carbocycles. The van der Waals surface area contributed by atoms with E-state index in [9.17, 15) is 9.59 Å². The second-order valence-corrected chi connectivity index (χ2v) is 6.45. The van der Waals surface area contributed by atoms with E-state index in [0.29, 0.717) is 38.6 Å². The minimum atomic E-state index is 0.0162. The number of thioether (sulfide) groups is 1. The largest absolute Gasteiger partial charge is 0.339 e. The first kappa shape index (κ1) is 13.1. The predicted molar refractivity (Wildman–Crippen MR) is 74.2 cm³/mol. The Labute approximate surface area is 117 Å². The summed E-state index contributed by atoms with van der Waals surface area (Å²) in [6, 6.07) is 0.494. The minimum Gasteiger partial charge on any atom is -0.339 e. The van der Waals surface area contributed by atoms with Crippen LogP contribution in [0, 0.1) is 0 Å². The highest BCUT2D eigenvalue weighted by atomic mass is 32.2. The summed E-state index contributed by atoms with van der Waals surface area (Å²) >= 11 is 1.91. The van der Waals surface area contributed by atoms with Crippen LogP contribution in [0.3, 0.4) is 0 Å². The SMILES string of the molecule is O=C(CC1CSCCN1)N1CCN2C(=O)NCC2C1. The van der Waals surface area contributed by atoms with E-state index in [1.54, 1.807) is 0 Å². The molecular formula is C12H20N4O2S. The lowest BCUT2D eigenvalue weighted by atomic mass is 10.1. The first-order valence-electron chi connectivity index (χ1n) is 6.87. The second kappa shape index (κ2) is 5.58. The van der Waals surface area contributed by atoms with Crippen LogP contribution < -0.4 is 10.6 Å². The third-order valence-corrected chi connectivity index (χ3v) is 5.14. The van der Waals surface area contributed by atoms with Crippen LogP contribution in [0.5, 0.6) is 0 Å². The lowest BCUT2D eigenvalue weighted by molar-refractivity contribution is -0.133. The van der Waals surface area contributed by atoms with Crippen LogP contribution in [0.25, 0.3) is 0 Å². The number of piperazine rings is 1. The Morgan fingerprint density at radius 2 is 2.32 bits per heavy atom. The van der Waals surface area contributed by atoms with Gasteiger partial charge in [-0.3, -0.25) is 4.79 Å². The van der Waals surface area contributed by atoms with Gasteiger partial charge in [0.1, 0.15) is 0 Å². The van der Waals surface area contributed by atoms with E-state index in [4.69, 9.17) is 0 Å². The van der Waals surface area contributed by atoms with Crippen molar-refractivity contribution in [2.24, 2.45) is 0 Å². The average molecular weight is 284 g/mol. The first-order chi connectivity index (χ1) is 9.24. The van der Waals surface area contributed by atoms with Crippen molar-refractivity contribution in [2.45, 2.75) is 18.5 Å². The van der Waals surface area contributed by atoms with Crippen molar-refractivity contribution in [1.82, 2.24) is 20.4 Å². The Morgan fingerprint density at radius 1 is 1.42 bits per heavy atom. The van der Waals surface area contributed by atoms with E-state index in [-0.39, 0.29) is 18.0 Å². The molecule has 0 bridgehead atoms. The maximum absolute atomic E-state index is 12.3. The van der Waals surface area contributed by atoms with Gasteiger partial charge in [-0.1, -0.05) is 0 Å². The van der Waals surface area contributed by atoms with Gasteiger partial charge in [-0.25, -0.2) is 4.79 Å². The molecule has 6 nitrogen and oxygen atoms in total. The summed E-state index contributed by atoms with van der Waals surface area (Å²) in [5.74, 6) is 2.38. The Morgan fingerprint density at radius 3 is 3.11 bits per heavy atom. The summed E-state index contributed by atoms with van der Waals surface area (Å²) in [7, 11) is 0. The fraction of sp³-hybridized carbons (Fsp3) is 0.833. The number of carbonyl (C=O) groups excluding carboxylic acids is 2. The number of urea groups is 1. The molecular weight excluding hydrogens is 264 g/mol. The van der Waals surface area contributed by atoms with E-state index in [0.717, 1.165) is 18.1 Å². The molecule has 0 spiro atoms. The smallest absolute Gasteiger partial charge is 0.317 e. The number of hydrogen-bond acceptors (Lipinski definition) is 4. The molecule has 3 heterocycles. The molecule has 3 rings (SSSR count). The summed E-state index contributed by atoms with van der Waals surface area (Å²) in [5.41, 5.74) is 0. The zero-order chi connectivity index (χ0) is 13.2. The van der Waals surface area contributed by atoms with Crippen LogP contribution in [-0.4, -0.2) is 78.1 Å². The molecule has 19 heavy (non-hydrogen) atoms. The number of amides is 3. The van der Waals surface area contributed by atoms with Gasteiger partial charge in [-0.05, 0) is 0 Å². The predicted octanol–water partition coefficient (Wildman–Crippen LogP) is -0.682. The summed E-state index contributed by atoms with van der Waals surface area (Å²) in [6.45, 7) is 3.67. The zero-order valence-corrected chi connectivity index (χ0v) is 11.7. The van der Waals surface area contributed by atoms with Crippen LogP contribution in [0.15, 0.2) is 0 Å². The Hall–Kier alpha value is -0.950. The highest BCUT2D eigenvalue weighted by molar-refractivity contribution is 7.99. The van der Waals surface area contributed by atoms with Crippen LogP contribution in [0.1, 0.15) is 6.42 Å². The topological polar surface area (TPSA) is 64.7 Å². The highest BCUT2D eigenvalue weighted by Gasteiger charge is 2.37. The maximum atomic E-state index is 12.3. The van der Waals surface area contributed by atoms with Gasteiger partial charge in [-0.2, -0.15) is 11.8 Å². The van der Waals surface area contributed by atoms with Gasteiger partial charge >= 0.3 is 6.03 Å². The molecule has 0 aliphatic carbocycles. The van der Waals surface area contributed by atoms with Crippen molar-refractivity contribution in [3.63, 3.8) is 0 Å². The standard InChI is InChI=1S/C12H20N4O2S/c17-11(5-9-8-19-4-1-13-9)15-2-3-16-10(7-15)6-14-12(16)18/h9-10,13H,1-8H2,(H,14,18). The lowest BCUT2D eigenvalue weighted by Crippen LogP contribution is -2.54. The zero-order valence-electron chi connectivity index (χ0n) is 10.9. The van der Waals surface area contributed by atoms with Crippen LogP contribution >= 0.6 is 11.8 Å². The summed E-state index contributed by atoms with van der Waals surface area (Å²) in [6.07, 6.45) is 0.584. The van der Waals surface area contributed by atoms with Gasteiger partial charge in [0, 0.05) is 56.7 Å². The summed E-state index contributed by atoms with van der Waals surface area (Å²) in [4.78, 5) is 27.6. The van der Waals surface area contributed by atoms with E-state index in [2.05, 4.69) is 10.6 Å². The Balaban J connectivity index is 1.52. The van der Waals surface area contributed by atoms with Crippen molar-refractivity contribution < 1.29 is 9.59 Å². The summed E-state index contributed by atoms with van der Waals surface area (Å²) < 4.78 is 0. The monoisotopic (exact) mass is 284 g/mol. The van der Waals surface area contributed by atoms with E-state index in [1.165, 1.54) is 0 Å². The number of fused-ring (bicyclic) bond motifs is 1. The molecule has 106 valence electrons. The molecule has 3 fully saturated rings. The molecule has 2 N–H and O–H groups in total. The third kappa shape index (κ3) is 2.81. The molecule has 0 radical (unpaired) electrons. The van der Waals surface area contributed by atoms with E-state index < -0.39 is 0 Å². The van der Waals surface area contributed by atoms with Crippen molar-refractivity contribution in [1.29, 1.82) is 0 Å². The minimum absolute atomic E-state index is 0.0162. The van der Waals surface area contributed by atoms with Crippen molar-refractivity contribution in [3.05, 3.63) is 0 Å². The van der Waals surface area contributed by atoms with Crippen molar-refractivity contribution in [3.8, 4) is 0 Å². The number of nitrogens with zero attached hydrogens (tertiary/aromatic N) is 2. The average Bonchev–Trinajstić information content (AvgIpc) is 2.81. The number of rotatable bonds is 2. The molecule has 7 heteroatoms. The van der Waals surface area contributed by atoms with Crippen LogP contribution in [-0.2, 0) is 4.79 Å². The molecule has 0 saturated carbocycles. The lowest BCUT2D eigenvalue weighted by Gasteiger charge is -2.37. The van der Waals surface area contributed by atoms with E-state index in [1.807, 2.05) is 21.6 Å². The number of hydrogen-bond donors (Lipinski definition) is 2. The highest BCUT2D eigenvalue weighted by Crippen LogP contribution is 2.17. The van der Waals surface area contributed by atoms with Crippen LogP contribution in [0.2, 0.25) is 0 Å².